The molecule has 3 rings (SSSR count). The zero-order chi connectivity index (χ0) is 17.3. The predicted octanol–water partition coefficient (Wildman–Crippen LogP) is 1.49. The van der Waals surface area contributed by atoms with Gasteiger partial charge in [-0.05, 0) is 43.7 Å². The highest BCUT2D eigenvalue weighted by molar-refractivity contribution is 5.95. The number of rotatable bonds is 3. The second kappa shape index (κ2) is 6.45. The van der Waals surface area contributed by atoms with Crippen LogP contribution in [0.4, 0.5) is 0 Å². The summed E-state index contributed by atoms with van der Waals surface area (Å²) in [5.74, 6) is -1.24. The molecule has 1 unspecified atom stereocenters. The topological polar surface area (TPSA) is 84.7 Å². The van der Waals surface area contributed by atoms with Crippen LogP contribution in [0.5, 0.6) is 0 Å². The molecule has 0 aliphatic carbocycles. The molecule has 126 valence electrons. The van der Waals surface area contributed by atoms with Gasteiger partial charge >= 0.3 is 5.97 Å². The summed E-state index contributed by atoms with van der Waals surface area (Å²) < 4.78 is 7.09. The van der Waals surface area contributed by atoms with Crippen LogP contribution < -0.4 is 0 Å². The number of carbonyl (C=O) groups is 2. The average molecular weight is 329 g/mol. The first-order chi connectivity index (χ1) is 11.5. The molecule has 24 heavy (non-hydrogen) atoms. The second-order valence-electron chi connectivity index (χ2n) is 5.94. The van der Waals surface area contributed by atoms with E-state index in [1.807, 2.05) is 25.3 Å². The Morgan fingerprint density at radius 3 is 2.75 bits per heavy atom. The highest BCUT2D eigenvalue weighted by Crippen LogP contribution is 2.19. The lowest BCUT2D eigenvalue weighted by molar-refractivity contribution is -0.160. The zero-order valence-corrected chi connectivity index (χ0v) is 13.5. The van der Waals surface area contributed by atoms with Gasteiger partial charge < -0.3 is 14.7 Å². The fourth-order valence-electron chi connectivity index (χ4n) is 2.89. The van der Waals surface area contributed by atoms with Crippen LogP contribution in [-0.2, 0) is 9.53 Å². The third-order valence-corrected chi connectivity index (χ3v) is 4.02. The Bertz CT molecular complexity index is 757. The number of hydrogen-bond acceptors (Lipinski definition) is 4. The number of aryl methyl sites for hydroxylation is 1. The van der Waals surface area contributed by atoms with E-state index in [0.717, 1.165) is 11.3 Å². The van der Waals surface area contributed by atoms with E-state index in [1.54, 1.807) is 29.9 Å². The molecular weight excluding hydrogens is 310 g/mol. The van der Waals surface area contributed by atoms with Gasteiger partial charge in [-0.15, -0.1) is 0 Å². The van der Waals surface area contributed by atoms with Gasteiger partial charge in [0, 0.05) is 24.5 Å². The van der Waals surface area contributed by atoms with E-state index in [9.17, 15) is 9.59 Å². The molecule has 0 radical (unpaired) electrons. The molecule has 2 heterocycles. The van der Waals surface area contributed by atoms with Crippen LogP contribution in [0.1, 0.15) is 22.8 Å². The number of carboxylic acids is 1. The van der Waals surface area contributed by atoms with Gasteiger partial charge in [0.1, 0.15) is 0 Å². The Balaban J connectivity index is 1.82. The lowest BCUT2D eigenvalue weighted by atomic mass is 10.1. The van der Waals surface area contributed by atoms with Gasteiger partial charge in [-0.25, -0.2) is 9.48 Å². The van der Waals surface area contributed by atoms with Crippen LogP contribution in [0.25, 0.3) is 5.69 Å². The van der Waals surface area contributed by atoms with Crippen molar-refractivity contribution in [1.29, 1.82) is 0 Å². The highest BCUT2D eigenvalue weighted by atomic mass is 16.5. The minimum absolute atomic E-state index is 0.0540. The number of aromatic nitrogens is 2. The maximum Gasteiger partial charge on any atom is 0.334 e. The van der Waals surface area contributed by atoms with E-state index in [-0.39, 0.29) is 18.6 Å². The van der Waals surface area contributed by atoms with Gasteiger partial charge in [0.15, 0.2) is 6.10 Å². The van der Waals surface area contributed by atoms with Crippen LogP contribution in [0.2, 0.25) is 0 Å². The minimum atomic E-state index is -1.05. The zero-order valence-electron chi connectivity index (χ0n) is 13.5. The molecule has 1 saturated heterocycles. The van der Waals surface area contributed by atoms with Gasteiger partial charge in [-0.3, -0.25) is 4.79 Å². The molecule has 7 heteroatoms. The minimum Gasteiger partial charge on any atom is -0.479 e. The van der Waals surface area contributed by atoms with Crippen LogP contribution in [-0.4, -0.2) is 57.0 Å². The molecule has 2 atom stereocenters. The summed E-state index contributed by atoms with van der Waals surface area (Å²) >= 11 is 0. The van der Waals surface area contributed by atoms with Crippen LogP contribution in [0.15, 0.2) is 36.7 Å². The molecule has 1 amide bonds. The molecule has 0 saturated carbocycles. The number of carbonyl (C=O) groups excluding carboxylic acids is 1. The third-order valence-electron chi connectivity index (χ3n) is 4.02. The lowest BCUT2D eigenvalue weighted by Crippen LogP contribution is -2.51. The van der Waals surface area contributed by atoms with Gasteiger partial charge in [-0.2, -0.15) is 5.10 Å². The average Bonchev–Trinajstić information content (AvgIpc) is 3.07. The molecule has 1 N–H and O–H groups in total. The van der Waals surface area contributed by atoms with Crippen molar-refractivity contribution in [3.63, 3.8) is 0 Å². The summed E-state index contributed by atoms with van der Waals surface area (Å²) in [6, 6.07) is 7.21. The van der Waals surface area contributed by atoms with Crippen molar-refractivity contribution in [2.45, 2.75) is 26.1 Å². The summed E-state index contributed by atoms with van der Waals surface area (Å²) in [4.78, 5) is 25.4. The summed E-state index contributed by atoms with van der Waals surface area (Å²) in [5, 5.41) is 13.3. The number of benzene rings is 1. The largest absolute Gasteiger partial charge is 0.479 e. The number of hydrogen-bond donors (Lipinski definition) is 1. The van der Waals surface area contributed by atoms with Gasteiger partial charge in [-0.1, -0.05) is 0 Å². The quantitative estimate of drug-likeness (QED) is 0.922. The lowest BCUT2D eigenvalue weighted by Gasteiger charge is -2.35. The smallest absolute Gasteiger partial charge is 0.334 e. The first-order valence-corrected chi connectivity index (χ1v) is 7.74. The fourth-order valence-corrected chi connectivity index (χ4v) is 2.89. The number of ether oxygens (including phenoxy) is 1. The molecule has 1 fully saturated rings. The van der Waals surface area contributed by atoms with Crippen molar-refractivity contribution in [2.24, 2.45) is 0 Å². The van der Waals surface area contributed by atoms with Gasteiger partial charge in [0.05, 0.1) is 18.3 Å². The molecule has 7 nitrogen and oxygen atoms in total. The van der Waals surface area contributed by atoms with Gasteiger partial charge in [0.2, 0.25) is 0 Å². The van der Waals surface area contributed by atoms with Gasteiger partial charge in [0.25, 0.3) is 5.91 Å². The normalized spacial score (nSPS) is 20.8. The monoisotopic (exact) mass is 329 g/mol. The Labute approximate surface area is 139 Å². The van der Waals surface area contributed by atoms with Crippen molar-refractivity contribution in [3.8, 4) is 5.69 Å². The van der Waals surface area contributed by atoms with E-state index in [2.05, 4.69) is 5.10 Å². The number of aliphatic carboxylic acids is 1. The van der Waals surface area contributed by atoms with E-state index >= 15 is 0 Å². The van der Waals surface area contributed by atoms with E-state index in [0.29, 0.717) is 12.1 Å². The predicted molar refractivity (Wildman–Crippen MR) is 86.2 cm³/mol. The van der Waals surface area contributed by atoms with E-state index < -0.39 is 12.1 Å². The Morgan fingerprint density at radius 2 is 2.12 bits per heavy atom. The van der Waals surface area contributed by atoms with Crippen molar-refractivity contribution in [2.75, 3.05) is 13.1 Å². The summed E-state index contributed by atoms with van der Waals surface area (Å²) in [6.45, 7) is 4.11. The van der Waals surface area contributed by atoms with Crippen molar-refractivity contribution >= 4 is 11.9 Å². The Kier molecular flexibility index (Phi) is 4.35. The number of nitrogens with zero attached hydrogens (tertiary/aromatic N) is 3. The molecule has 1 aromatic carbocycles. The maximum absolute atomic E-state index is 12.7. The van der Waals surface area contributed by atoms with Crippen molar-refractivity contribution < 1.29 is 19.4 Å². The van der Waals surface area contributed by atoms with Crippen LogP contribution in [0, 0.1) is 6.92 Å². The standard InChI is InChI=1S/C17H19N3O4/c1-11-8-13(4-5-14(11)20-7-3-6-18-20)16(21)19-9-12(2)24-15(10-19)17(22)23/h3-8,12,15H,9-10H2,1-2H3,(H,22,23)/t12-,15?/m1/s1. The molecule has 2 aromatic rings. The Morgan fingerprint density at radius 1 is 1.33 bits per heavy atom. The fraction of sp³-hybridized carbons (Fsp3) is 0.353. The number of morpholine rings is 1. The van der Waals surface area contributed by atoms with Crippen LogP contribution in [0.3, 0.4) is 0 Å². The van der Waals surface area contributed by atoms with Crippen molar-refractivity contribution in [1.82, 2.24) is 14.7 Å². The van der Waals surface area contributed by atoms with Crippen molar-refractivity contribution in [3.05, 3.63) is 47.8 Å². The summed E-state index contributed by atoms with van der Waals surface area (Å²) in [7, 11) is 0. The summed E-state index contributed by atoms with van der Waals surface area (Å²) in [5.41, 5.74) is 2.34. The maximum atomic E-state index is 12.7. The molecule has 0 bridgehead atoms. The molecule has 0 spiro atoms. The SMILES string of the molecule is Cc1cc(C(=O)N2CC(C(=O)O)O[C@H](C)C2)ccc1-n1cccn1. The molecule has 1 aliphatic rings. The Hall–Kier alpha value is -2.67. The van der Waals surface area contributed by atoms with E-state index in [1.165, 1.54) is 4.90 Å². The third kappa shape index (κ3) is 3.16. The molecule has 1 aliphatic heterocycles. The molecule has 1 aromatic heterocycles. The first kappa shape index (κ1) is 16.2. The highest BCUT2D eigenvalue weighted by Gasteiger charge is 2.33. The first-order valence-electron chi connectivity index (χ1n) is 7.74. The van der Waals surface area contributed by atoms with Crippen LogP contribution >= 0.6 is 0 Å². The second-order valence-corrected chi connectivity index (χ2v) is 5.94. The number of amides is 1. The molecular formula is C17H19N3O4. The van der Waals surface area contributed by atoms with E-state index in [4.69, 9.17) is 9.84 Å². The summed E-state index contributed by atoms with van der Waals surface area (Å²) in [6.07, 6.45) is 2.24. The number of carboxylic acid groups (broad SMARTS) is 1.